The highest BCUT2D eigenvalue weighted by molar-refractivity contribution is 5.88. The molecule has 2 aromatic rings. The maximum absolute atomic E-state index is 10.7. The normalized spacial score (nSPS) is 14.2. The van der Waals surface area contributed by atoms with E-state index < -0.39 is 6.10 Å². The number of rotatable bonds is 6. The van der Waals surface area contributed by atoms with Crippen LogP contribution in [0, 0.1) is 5.92 Å². The molecule has 2 unspecified atom stereocenters. The van der Waals surface area contributed by atoms with E-state index >= 15 is 0 Å². The van der Waals surface area contributed by atoms with E-state index in [1.807, 2.05) is 43.3 Å². The van der Waals surface area contributed by atoms with Gasteiger partial charge >= 0.3 is 0 Å². The topological polar surface area (TPSA) is 38.7 Å². The van der Waals surface area contributed by atoms with Crippen LogP contribution in [0.2, 0.25) is 0 Å². The van der Waals surface area contributed by atoms with Gasteiger partial charge < -0.3 is 14.6 Å². The Hall–Kier alpha value is -1.58. The van der Waals surface area contributed by atoms with Gasteiger partial charge in [-0.15, -0.1) is 0 Å². The van der Waals surface area contributed by atoms with Gasteiger partial charge in [0.2, 0.25) is 0 Å². The highest BCUT2D eigenvalue weighted by Gasteiger charge is 2.22. The van der Waals surface area contributed by atoms with Gasteiger partial charge in [0.25, 0.3) is 0 Å². The summed E-state index contributed by atoms with van der Waals surface area (Å²) in [6, 6.07) is 12.0. The molecule has 3 heteroatoms. The van der Waals surface area contributed by atoms with Crippen molar-refractivity contribution in [2.45, 2.75) is 19.4 Å². The van der Waals surface area contributed by atoms with Crippen molar-refractivity contribution < 1.29 is 14.6 Å². The van der Waals surface area contributed by atoms with Crippen molar-refractivity contribution in [1.82, 2.24) is 0 Å². The minimum Gasteiger partial charge on any atom is -0.496 e. The van der Waals surface area contributed by atoms with Crippen molar-refractivity contribution in [1.29, 1.82) is 0 Å². The molecule has 0 amide bonds. The summed E-state index contributed by atoms with van der Waals surface area (Å²) in [5, 5.41) is 12.8. The third-order valence-corrected chi connectivity index (χ3v) is 3.76. The van der Waals surface area contributed by atoms with Crippen molar-refractivity contribution >= 4 is 10.8 Å². The van der Waals surface area contributed by atoms with Crippen LogP contribution in [0.15, 0.2) is 36.4 Å². The highest BCUT2D eigenvalue weighted by atomic mass is 16.5. The summed E-state index contributed by atoms with van der Waals surface area (Å²) >= 11 is 0. The first-order valence-electron chi connectivity index (χ1n) is 6.91. The van der Waals surface area contributed by atoms with Gasteiger partial charge in [0.15, 0.2) is 0 Å². The highest BCUT2D eigenvalue weighted by Crippen LogP contribution is 2.37. The molecule has 0 radical (unpaired) electrons. The molecular weight excluding hydrogens is 252 g/mol. The summed E-state index contributed by atoms with van der Waals surface area (Å²) < 4.78 is 10.5. The van der Waals surface area contributed by atoms with Gasteiger partial charge in [0, 0.05) is 19.3 Å². The summed E-state index contributed by atoms with van der Waals surface area (Å²) in [6.07, 6.45) is 0.246. The van der Waals surface area contributed by atoms with Crippen LogP contribution in [0.1, 0.15) is 25.0 Å². The molecule has 108 valence electrons. The van der Waals surface area contributed by atoms with Crippen molar-refractivity contribution in [3.63, 3.8) is 0 Å². The second-order valence-electron chi connectivity index (χ2n) is 5.11. The van der Waals surface area contributed by atoms with Crippen molar-refractivity contribution in [2.75, 3.05) is 20.8 Å². The minimum atomic E-state index is -0.564. The molecule has 2 atom stereocenters. The number of hydrogen-bond donors (Lipinski definition) is 1. The Morgan fingerprint density at radius 3 is 2.55 bits per heavy atom. The van der Waals surface area contributed by atoms with Crippen LogP contribution in [-0.4, -0.2) is 25.9 Å². The van der Waals surface area contributed by atoms with E-state index in [9.17, 15) is 5.11 Å². The number of fused-ring (bicyclic) bond motifs is 1. The second kappa shape index (κ2) is 6.73. The molecule has 0 heterocycles. The fourth-order valence-corrected chi connectivity index (χ4v) is 2.50. The third kappa shape index (κ3) is 2.94. The van der Waals surface area contributed by atoms with E-state index in [4.69, 9.17) is 9.47 Å². The van der Waals surface area contributed by atoms with Crippen LogP contribution in [-0.2, 0) is 4.74 Å². The second-order valence-corrected chi connectivity index (χ2v) is 5.11. The standard InChI is InChI=1S/C17H22O3/c1-12(10-11-19-2)17(18)16-14-7-5-4-6-13(14)8-9-15(16)20-3/h4-9,12,17-18H,10-11H2,1-3H3. The molecule has 2 aromatic carbocycles. The molecule has 1 N–H and O–H groups in total. The van der Waals surface area contributed by atoms with Crippen LogP contribution in [0.5, 0.6) is 5.75 Å². The van der Waals surface area contributed by atoms with Crippen molar-refractivity contribution in [3.05, 3.63) is 42.0 Å². The predicted molar refractivity (Wildman–Crippen MR) is 81.1 cm³/mol. The van der Waals surface area contributed by atoms with Gasteiger partial charge in [-0.2, -0.15) is 0 Å². The van der Waals surface area contributed by atoms with E-state index in [-0.39, 0.29) is 5.92 Å². The maximum atomic E-state index is 10.7. The molecular formula is C17H22O3. The first kappa shape index (κ1) is 14.8. The molecule has 2 rings (SSSR count). The number of methoxy groups -OCH3 is 2. The molecule has 0 saturated heterocycles. The Kier molecular flexibility index (Phi) is 4.99. The number of hydrogen-bond acceptors (Lipinski definition) is 3. The zero-order valence-electron chi connectivity index (χ0n) is 12.3. The number of aliphatic hydroxyl groups excluding tert-OH is 1. The van der Waals surface area contributed by atoms with Crippen LogP contribution >= 0.6 is 0 Å². The van der Waals surface area contributed by atoms with Crippen LogP contribution < -0.4 is 4.74 Å². The fraction of sp³-hybridized carbons (Fsp3) is 0.412. The molecule has 0 aliphatic heterocycles. The first-order valence-corrected chi connectivity index (χ1v) is 6.91. The van der Waals surface area contributed by atoms with Gasteiger partial charge in [-0.05, 0) is 29.2 Å². The van der Waals surface area contributed by atoms with Gasteiger partial charge in [-0.25, -0.2) is 0 Å². The molecule has 0 spiro atoms. The summed E-state index contributed by atoms with van der Waals surface area (Å²) in [4.78, 5) is 0. The lowest BCUT2D eigenvalue weighted by atomic mass is 9.90. The van der Waals surface area contributed by atoms with Gasteiger partial charge in [-0.1, -0.05) is 37.3 Å². The summed E-state index contributed by atoms with van der Waals surface area (Å²) in [7, 11) is 3.32. The van der Waals surface area contributed by atoms with Crippen molar-refractivity contribution in [3.8, 4) is 5.75 Å². The quantitative estimate of drug-likeness (QED) is 0.875. The van der Waals surface area contributed by atoms with Gasteiger partial charge in [0.05, 0.1) is 13.2 Å². The van der Waals surface area contributed by atoms with E-state index in [1.54, 1.807) is 14.2 Å². The van der Waals surface area contributed by atoms with Crippen LogP contribution in [0.4, 0.5) is 0 Å². The summed E-state index contributed by atoms with van der Waals surface area (Å²) in [5.41, 5.74) is 0.870. The van der Waals surface area contributed by atoms with Crippen LogP contribution in [0.3, 0.4) is 0 Å². The zero-order chi connectivity index (χ0) is 14.5. The largest absolute Gasteiger partial charge is 0.496 e. The molecule has 0 aliphatic rings. The third-order valence-electron chi connectivity index (χ3n) is 3.76. The SMILES string of the molecule is COCCC(C)C(O)c1c(OC)ccc2ccccc12. The molecule has 3 nitrogen and oxygen atoms in total. The molecule has 0 bridgehead atoms. The van der Waals surface area contributed by atoms with Gasteiger partial charge in [-0.3, -0.25) is 0 Å². The first-order chi connectivity index (χ1) is 9.69. The molecule has 20 heavy (non-hydrogen) atoms. The Labute approximate surface area is 120 Å². The predicted octanol–water partition coefficient (Wildman–Crippen LogP) is 3.55. The lowest BCUT2D eigenvalue weighted by Gasteiger charge is -2.22. The Morgan fingerprint density at radius 1 is 1.10 bits per heavy atom. The maximum Gasteiger partial charge on any atom is 0.125 e. The fourth-order valence-electron chi connectivity index (χ4n) is 2.50. The van der Waals surface area contributed by atoms with Gasteiger partial charge in [0.1, 0.15) is 5.75 Å². The number of benzene rings is 2. The monoisotopic (exact) mass is 274 g/mol. The van der Waals surface area contributed by atoms with E-state index in [0.717, 1.165) is 28.5 Å². The lowest BCUT2D eigenvalue weighted by Crippen LogP contribution is -2.13. The Bertz CT molecular complexity index is 565. The Morgan fingerprint density at radius 2 is 1.85 bits per heavy atom. The summed E-state index contributed by atoms with van der Waals surface area (Å²) in [6.45, 7) is 2.68. The molecule has 0 fully saturated rings. The Balaban J connectivity index is 2.44. The van der Waals surface area contributed by atoms with E-state index in [2.05, 4.69) is 0 Å². The van der Waals surface area contributed by atoms with Crippen LogP contribution in [0.25, 0.3) is 10.8 Å². The number of aliphatic hydroxyl groups is 1. The van der Waals surface area contributed by atoms with Crippen molar-refractivity contribution in [2.24, 2.45) is 5.92 Å². The lowest BCUT2D eigenvalue weighted by molar-refractivity contribution is 0.0877. The number of ether oxygens (including phenoxy) is 2. The molecule has 0 aromatic heterocycles. The van der Waals surface area contributed by atoms with E-state index in [1.165, 1.54) is 0 Å². The van der Waals surface area contributed by atoms with E-state index in [0.29, 0.717) is 6.61 Å². The average molecular weight is 274 g/mol. The molecule has 0 saturated carbocycles. The molecule has 0 aliphatic carbocycles. The minimum absolute atomic E-state index is 0.106. The summed E-state index contributed by atoms with van der Waals surface area (Å²) in [5.74, 6) is 0.843. The average Bonchev–Trinajstić information content (AvgIpc) is 2.50. The zero-order valence-corrected chi connectivity index (χ0v) is 12.3. The smallest absolute Gasteiger partial charge is 0.125 e.